The molecule has 2 heterocycles. The molecule has 1 saturated heterocycles. The molecule has 0 spiro atoms. The maximum absolute atomic E-state index is 13.0. The monoisotopic (exact) mass is 443 g/mol. The Balaban J connectivity index is 1.59. The standard InChI is InChI=1S/C22H25N3O7/c26-16(9-4-2-1-3-5-10-18(28)29)23-14-8-6-7-13-19(14)22(32)25(21(13)31)15-11-12-17(27)24-20(15)30/h6-8,15H,1-5,9-12H2,(H,23,26)(H,28,29)(H,24,27,30). The fourth-order valence-corrected chi connectivity index (χ4v) is 3.92. The normalized spacial score (nSPS) is 17.9. The number of nitrogens with one attached hydrogen (secondary N) is 2. The highest BCUT2D eigenvalue weighted by atomic mass is 16.4. The van der Waals surface area contributed by atoms with Crippen LogP contribution in [-0.2, 0) is 19.2 Å². The van der Waals surface area contributed by atoms with Gasteiger partial charge in [-0.15, -0.1) is 0 Å². The van der Waals surface area contributed by atoms with Crippen LogP contribution in [0, 0.1) is 0 Å². The number of hydrogen-bond donors (Lipinski definition) is 3. The van der Waals surface area contributed by atoms with Crippen molar-refractivity contribution in [3.05, 3.63) is 29.3 Å². The van der Waals surface area contributed by atoms with Crippen molar-refractivity contribution < 1.29 is 33.9 Å². The number of unbranched alkanes of at least 4 members (excludes halogenated alkanes) is 4. The molecule has 32 heavy (non-hydrogen) atoms. The van der Waals surface area contributed by atoms with Crippen molar-refractivity contribution in [3.63, 3.8) is 0 Å². The second-order valence-corrected chi connectivity index (χ2v) is 7.89. The van der Waals surface area contributed by atoms with Crippen molar-refractivity contribution in [3.8, 4) is 0 Å². The third-order valence-corrected chi connectivity index (χ3v) is 5.54. The van der Waals surface area contributed by atoms with Crippen LogP contribution in [0.4, 0.5) is 5.69 Å². The summed E-state index contributed by atoms with van der Waals surface area (Å²) < 4.78 is 0. The molecule has 1 aromatic carbocycles. The van der Waals surface area contributed by atoms with E-state index >= 15 is 0 Å². The number of carbonyl (C=O) groups is 6. The number of fused-ring (bicyclic) bond motifs is 1. The van der Waals surface area contributed by atoms with Gasteiger partial charge in [0, 0.05) is 19.3 Å². The van der Waals surface area contributed by atoms with Gasteiger partial charge in [-0.2, -0.15) is 0 Å². The first kappa shape index (κ1) is 23.1. The third kappa shape index (κ3) is 5.19. The molecule has 3 rings (SSSR count). The highest BCUT2D eigenvalue weighted by Gasteiger charge is 2.45. The van der Waals surface area contributed by atoms with E-state index in [1.807, 2.05) is 0 Å². The summed E-state index contributed by atoms with van der Waals surface area (Å²) in [4.78, 5) is 73.0. The van der Waals surface area contributed by atoms with Gasteiger partial charge >= 0.3 is 5.97 Å². The predicted molar refractivity (Wildman–Crippen MR) is 112 cm³/mol. The smallest absolute Gasteiger partial charge is 0.303 e. The van der Waals surface area contributed by atoms with Crippen molar-refractivity contribution in [1.82, 2.24) is 10.2 Å². The Kier molecular flexibility index (Phi) is 7.34. The van der Waals surface area contributed by atoms with E-state index < -0.39 is 35.6 Å². The largest absolute Gasteiger partial charge is 0.481 e. The summed E-state index contributed by atoms with van der Waals surface area (Å²) in [6.07, 6.45) is 4.07. The van der Waals surface area contributed by atoms with E-state index in [0.29, 0.717) is 12.8 Å². The predicted octanol–water partition coefficient (Wildman–Crippen LogP) is 1.84. The van der Waals surface area contributed by atoms with Gasteiger partial charge in [0.25, 0.3) is 11.8 Å². The molecule has 0 aliphatic carbocycles. The third-order valence-electron chi connectivity index (χ3n) is 5.54. The van der Waals surface area contributed by atoms with E-state index in [2.05, 4.69) is 10.6 Å². The first-order chi connectivity index (χ1) is 15.3. The molecule has 0 aromatic heterocycles. The topological polar surface area (TPSA) is 150 Å². The van der Waals surface area contributed by atoms with E-state index in [1.165, 1.54) is 12.1 Å². The van der Waals surface area contributed by atoms with Gasteiger partial charge in [0.1, 0.15) is 6.04 Å². The molecule has 0 saturated carbocycles. The molecule has 170 valence electrons. The lowest BCUT2D eigenvalue weighted by Gasteiger charge is -2.27. The highest BCUT2D eigenvalue weighted by molar-refractivity contribution is 6.26. The average molecular weight is 443 g/mol. The Bertz CT molecular complexity index is 972. The molecule has 2 aliphatic rings. The van der Waals surface area contributed by atoms with Crippen molar-refractivity contribution in [2.45, 2.75) is 63.8 Å². The zero-order valence-corrected chi connectivity index (χ0v) is 17.5. The summed E-state index contributed by atoms with van der Waals surface area (Å²) in [6.45, 7) is 0. The SMILES string of the molecule is O=C(O)CCCCCCCC(=O)Nc1cccc2c1C(=O)N(C1CCC(=O)NC1=O)C2=O. The zero-order chi connectivity index (χ0) is 23.3. The number of nitrogens with zero attached hydrogens (tertiary/aromatic N) is 1. The number of piperidine rings is 1. The molecule has 1 unspecified atom stereocenters. The molecule has 10 heteroatoms. The number of carbonyl (C=O) groups excluding carboxylic acids is 5. The minimum atomic E-state index is -1.07. The number of hydrogen-bond acceptors (Lipinski definition) is 6. The Labute approximate surface area is 184 Å². The van der Waals surface area contributed by atoms with Crippen LogP contribution >= 0.6 is 0 Å². The van der Waals surface area contributed by atoms with Crippen molar-refractivity contribution in [2.75, 3.05) is 5.32 Å². The number of imide groups is 2. The van der Waals surface area contributed by atoms with Crippen LogP contribution in [-0.4, -0.2) is 51.6 Å². The van der Waals surface area contributed by atoms with Crippen LogP contribution in [0.3, 0.4) is 0 Å². The fraction of sp³-hybridized carbons (Fsp3) is 0.455. The van der Waals surface area contributed by atoms with Gasteiger partial charge in [-0.25, -0.2) is 0 Å². The number of aliphatic carboxylic acids is 1. The van der Waals surface area contributed by atoms with Crippen molar-refractivity contribution in [2.24, 2.45) is 0 Å². The number of carboxylic acids is 1. The van der Waals surface area contributed by atoms with Gasteiger partial charge in [-0.3, -0.25) is 39.0 Å². The second-order valence-electron chi connectivity index (χ2n) is 7.89. The molecule has 0 radical (unpaired) electrons. The molecule has 3 N–H and O–H groups in total. The molecule has 5 amide bonds. The lowest BCUT2D eigenvalue weighted by Crippen LogP contribution is -2.54. The van der Waals surface area contributed by atoms with E-state index in [9.17, 15) is 28.8 Å². The van der Waals surface area contributed by atoms with Crippen LogP contribution in [0.2, 0.25) is 0 Å². The van der Waals surface area contributed by atoms with Gasteiger partial charge in [0.15, 0.2) is 0 Å². The summed E-state index contributed by atoms with van der Waals surface area (Å²) in [5, 5.41) is 13.4. The lowest BCUT2D eigenvalue weighted by atomic mass is 10.0. The van der Waals surface area contributed by atoms with Crippen LogP contribution in [0.25, 0.3) is 0 Å². The van der Waals surface area contributed by atoms with Crippen LogP contribution < -0.4 is 10.6 Å². The number of rotatable bonds is 10. The Morgan fingerprint density at radius 3 is 2.38 bits per heavy atom. The van der Waals surface area contributed by atoms with Gasteiger partial charge in [0.2, 0.25) is 17.7 Å². The highest BCUT2D eigenvalue weighted by Crippen LogP contribution is 2.32. The first-order valence-corrected chi connectivity index (χ1v) is 10.7. The van der Waals surface area contributed by atoms with Gasteiger partial charge in [-0.1, -0.05) is 25.3 Å². The summed E-state index contributed by atoms with van der Waals surface area (Å²) in [6, 6.07) is 3.48. The Morgan fingerprint density at radius 2 is 1.69 bits per heavy atom. The Morgan fingerprint density at radius 1 is 1.00 bits per heavy atom. The summed E-state index contributed by atoms with van der Waals surface area (Å²) in [7, 11) is 0. The second kappa shape index (κ2) is 10.2. The van der Waals surface area contributed by atoms with E-state index in [0.717, 1.165) is 24.2 Å². The van der Waals surface area contributed by atoms with E-state index in [1.54, 1.807) is 6.07 Å². The molecule has 1 atom stereocenters. The quantitative estimate of drug-likeness (QED) is 0.369. The first-order valence-electron chi connectivity index (χ1n) is 10.7. The van der Waals surface area contributed by atoms with E-state index in [4.69, 9.17) is 5.11 Å². The maximum Gasteiger partial charge on any atom is 0.303 e. The minimum absolute atomic E-state index is 0.0315. The number of carboxylic acid groups (broad SMARTS) is 1. The molecule has 1 fully saturated rings. The summed E-state index contributed by atoms with van der Waals surface area (Å²) >= 11 is 0. The average Bonchev–Trinajstić information content (AvgIpc) is 2.98. The summed E-state index contributed by atoms with van der Waals surface area (Å²) in [5.41, 5.74) is 0.363. The summed E-state index contributed by atoms with van der Waals surface area (Å²) in [5.74, 6) is -3.55. The fourth-order valence-electron chi connectivity index (χ4n) is 3.92. The van der Waals surface area contributed by atoms with Gasteiger partial charge in [-0.05, 0) is 31.4 Å². The van der Waals surface area contributed by atoms with Gasteiger partial charge in [0.05, 0.1) is 16.8 Å². The minimum Gasteiger partial charge on any atom is -0.481 e. The lowest BCUT2D eigenvalue weighted by molar-refractivity contribution is -0.138. The van der Waals surface area contributed by atoms with Gasteiger partial charge < -0.3 is 10.4 Å². The van der Waals surface area contributed by atoms with Crippen molar-refractivity contribution in [1.29, 1.82) is 0 Å². The molecular weight excluding hydrogens is 418 g/mol. The number of benzene rings is 1. The maximum atomic E-state index is 13.0. The number of amides is 5. The van der Waals surface area contributed by atoms with Crippen molar-refractivity contribution >= 4 is 41.2 Å². The molecule has 0 bridgehead atoms. The molecular formula is C22H25N3O7. The number of anilines is 1. The Hall–Kier alpha value is -3.56. The molecule has 1 aromatic rings. The molecule has 10 nitrogen and oxygen atoms in total. The molecule has 2 aliphatic heterocycles. The van der Waals surface area contributed by atoms with E-state index in [-0.39, 0.29) is 48.4 Å². The van der Waals surface area contributed by atoms with Crippen LogP contribution in [0.5, 0.6) is 0 Å². The van der Waals surface area contributed by atoms with Crippen LogP contribution in [0.1, 0.15) is 78.5 Å². The van der Waals surface area contributed by atoms with Crippen LogP contribution in [0.15, 0.2) is 18.2 Å². The zero-order valence-electron chi connectivity index (χ0n) is 17.5.